The summed E-state index contributed by atoms with van der Waals surface area (Å²) in [6.07, 6.45) is 10.8. The Balaban J connectivity index is 1.65. The first-order chi connectivity index (χ1) is 8.27. The molecule has 0 aromatic rings. The van der Waals surface area contributed by atoms with Gasteiger partial charge in [-0.2, -0.15) is 0 Å². The molecule has 2 saturated carbocycles. The molecule has 0 aromatic carbocycles. The SMILES string of the molecule is NC1CCCCCC1C(=O)NCCCC1CC1. The lowest BCUT2D eigenvalue weighted by molar-refractivity contribution is -0.125. The average molecular weight is 238 g/mol. The van der Waals surface area contributed by atoms with E-state index in [0.717, 1.165) is 38.1 Å². The monoisotopic (exact) mass is 238 g/mol. The number of nitrogens with one attached hydrogen (secondary N) is 1. The molecule has 2 aliphatic rings. The van der Waals surface area contributed by atoms with Crippen molar-refractivity contribution in [1.29, 1.82) is 0 Å². The van der Waals surface area contributed by atoms with Crippen molar-refractivity contribution in [2.75, 3.05) is 6.54 Å². The van der Waals surface area contributed by atoms with Gasteiger partial charge in [-0.25, -0.2) is 0 Å². The zero-order chi connectivity index (χ0) is 12.1. The highest BCUT2D eigenvalue weighted by molar-refractivity contribution is 5.79. The van der Waals surface area contributed by atoms with E-state index in [1.807, 2.05) is 0 Å². The Bertz CT molecular complexity index is 251. The number of rotatable bonds is 5. The largest absolute Gasteiger partial charge is 0.356 e. The molecule has 0 spiro atoms. The zero-order valence-corrected chi connectivity index (χ0v) is 10.8. The highest BCUT2D eigenvalue weighted by Crippen LogP contribution is 2.33. The maximum Gasteiger partial charge on any atom is 0.224 e. The van der Waals surface area contributed by atoms with Crippen LogP contribution >= 0.6 is 0 Å². The molecular formula is C14H26N2O. The van der Waals surface area contributed by atoms with Gasteiger partial charge in [0, 0.05) is 12.6 Å². The molecule has 0 radical (unpaired) electrons. The number of hydrogen-bond acceptors (Lipinski definition) is 2. The van der Waals surface area contributed by atoms with Gasteiger partial charge in [-0.05, 0) is 31.6 Å². The summed E-state index contributed by atoms with van der Waals surface area (Å²) in [6, 6.07) is 0.0842. The van der Waals surface area contributed by atoms with Crippen molar-refractivity contribution in [3.8, 4) is 0 Å². The maximum atomic E-state index is 12.0. The fourth-order valence-corrected chi connectivity index (χ4v) is 2.80. The molecule has 0 aromatic heterocycles. The Labute approximate surface area is 105 Å². The Morgan fingerprint density at radius 1 is 1.12 bits per heavy atom. The van der Waals surface area contributed by atoms with Crippen molar-refractivity contribution >= 4 is 5.91 Å². The van der Waals surface area contributed by atoms with Crippen molar-refractivity contribution in [3.63, 3.8) is 0 Å². The Morgan fingerprint density at radius 2 is 1.88 bits per heavy atom. The molecule has 0 heterocycles. The van der Waals surface area contributed by atoms with Gasteiger partial charge in [-0.3, -0.25) is 4.79 Å². The van der Waals surface area contributed by atoms with Gasteiger partial charge in [0.15, 0.2) is 0 Å². The fourth-order valence-electron chi connectivity index (χ4n) is 2.80. The number of carbonyl (C=O) groups excluding carboxylic acids is 1. The Morgan fingerprint density at radius 3 is 2.65 bits per heavy atom. The summed E-state index contributed by atoms with van der Waals surface area (Å²) in [5, 5.41) is 3.07. The fraction of sp³-hybridized carbons (Fsp3) is 0.929. The summed E-state index contributed by atoms with van der Waals surface area (Å²) in [6.45, 7) is 0.846. The summed E-state index contributed by atoms with van der Waals surface area (Å²) in [4.78, 5) is 12.0. The van der Waals surface area contributed by atoms with Crippen molar-refractivity contribution in [1.82, 2.24) is 5.32 Å². The van der Waals surface area contributed by atoms with Crippen molar-refractivity contribution in [2.24, 2.45) is 17.6 Å². The normalized spacial score (nSPS) is 29.7. The molecule has 17 heavy (non-hydrogen) atoms. The van der Waals surface area contributed by atoms with Crippen LogP contribution in [0.3, 0.4) is 0 Å². The van der Waals surface area contributed by atoms with E-state index in [2.05, 4.69) is 5.32 Å². The molecule has 2 rings (SSSR count). The van der Waals surface area contributed by atoms with E-state index in [1.165, 1.54) is 32.1 Å². The molecule has 3 N–H and O–H groups in total. The van der Waals surface area contributed by atoms with Crippen LogP contribution in [0.1, 0.15) is 57.8 Å². The molecule has 3 nitrogen and oxygen atoms in total. The molecule has 2 atom stereocenters. The Kier molecular flexibility index (Phi) is 4.84. The lowest BCUT2D eigenvalue weighted by Gasteiger charge is -2.20. The molecule has 0 bridgehead atoms. The van der Waals surface area contributed by atoms with E-state index in [0.29, 0.717) is 0 Å². The van der Waals surface area contributed by atoms with E-state index >= 15 is 0 Å². The minimum absolute atomic E-state index is 0.0680. The molecular weight excluding hydrogens is 212 g/mol. The highest BCUT2D eigenvalue weighted by atomic mass is 16.1. The molecule has 0 aliphatic heterocycles. The second-order valence-electron chi connectivity index (χ2n) is 5.78. The summed E-state index contributed by atoms with van der Waals surface area (Å²) in [7, 11) is 0. The first kappa shape index (κ1) is 12.9. The number of hydrogen-bond donors (Lipinski definition) is 2. The third-order valence-corrected chi connectivity index (χ3v) is 4.19. The van der Waals surface area contributed by atoms with Crippen molar-refractivity contribution in [2.45, 2.75) is 63.8 Å². The third kappa shape index (κ3) is 4.30. The van der Waals surface area contributed by atoms with Crippen LogP contribution in [0.2, 0.25) is 0 Å². The third-order valence-electron chi connectivity index (χ3n) is 4.19. The van der Waals surface area contributed by atoms with E-state index in [4.69, 9.17) is 5.73 Å². The Hall–Kier alpha value is -0.570. The van der Waals surface area contributed by atoms with Gasteiger partial charge in [0.2, 0.25) is 5.91 Å². The number of carbonyl (C=O) groups is 1. The van der Waals surface area contributed by atoms with Crippen LogP contribution in [-0.4, -0.2) is 18.5 Å². The van der Waals surface area contributed by atoms with E-state index in [9.17, 15) is 4.79 Å². The average Bonchev–Trinajstić information content (AvgIpc) is 3.12. The van der Waals surface area contributed by atoms with Crippen molar-refractivity contribution < 1.29 is 4.79 Å². The predicted molar refractivity (Wildman–Crippen MR) is 69.5 cm³/mol. The molecule has 2 unspecified atom stereocenters. The van der Waals surface area contributed by atoms with Crippen molar-refractivity contribution in [3.05, 3.63) is 0 Å². The van der Waals surface area contributed by atoms with Gasteiger partial charge in [-0.1, -0.05) is 32.1 Å². The minimum Gasteiger partial charge on any atom is -0.356 e. The molecule has 1 amide bonds. The molecule has 0 saturated heterocycles. The summed E-state index contributed by atoms with van der Waals surface area (Å²) in [5.74, 6) is 1.24. The van der Waals surface area contributed by atoms with Crippen LogP contribution in [0.5, 0.6) is 0 Å². The standard InChI is InChI=1S/C14H26N2O/c15-13-7-3-1-2-6-12(13)14(17)16-10-4-5-11-8-9-11/h11-13H,1-10,15H2,(H,16,17). The van der Waals surface area contributed by atoms with Gasteiger partial charge in [0.05, 0.1) is 5.92 Å². The molecule has 3 heteroatoms. The first-order valence-corrected chi connectivity index (χ1v) is 7.30. The summed E-state index contributed by atoms with van der Waals surface area (Å²) < 4.78 is 0. The van der Waals surface area contributed by atoms with Crippen LogP contribution in [0.15, 0.2) is 0 Å². The minimum atomic E-state index is 0.0680. The van der Waals surface area contributed by atoms with Crippen LogP contribution in [0, 0.1) is 11.8 Å². The second-order valence-corrected chi connectivity index (χ2v) is 5.78. The summed E-state index contributed by atoms with van der Waals surface area (Å²) in [5.41, 5.74) is 6.08. The van der Waals surface area contributed by atoms with E-state index < -0.39 is 0 Å². The first-order valence-electron chi connectivity index (χ1n) is 7.30. The quantitative estimate of drug-likeness (QED) is 0.570. The van der Waals surface area contributed by atoms with Crippen LogP contribution < -0.4 is 11.1 Å². The van der Waals surface area contributed by atoms with Gasteiger partial charge >= 0.3 is 0 Å². The topological polar surface area (TPSA) is 55.1 Å². The van der Waals surface area contributed by atoms with Gasteiger partial charge in [0.1, 0.15) is 0 Å². The smallest absolute Gasteiger partial charge is 0.224 e. The number of amides is 1. The number of nitrogens with two attached hydrogens (primary N) is 1. The predicted octanol–water partition coefficient (Wildman–Crippen LogP) is 2.20. The zero-order valence-electron chi connectivity index (χ0n) is 10.8. The maximum absolute atomic E-state index is 12.0. The second kappa shape index (κ2) is 6.39. The molecule has 2 aliphatic carbocycles. The van der Waals surface area contributed by atoms with E-state index in [-0.39, 0.29) is 17.9 Å². The lowest BCUT2D eigenvalue weighted by Crippen LogP contribution is -2.41. The van der Waals surface area contributed by atoms with Crippen LogP contribution in [0.4, 0.5) is 0 Å². The molecule has 98 valence electrons. The lowest BCUT2D eigenvalue weighted by atomic mass is 9.94. The van der Waals surface area contributed by atoms with Gasteiger partial charge in [-0.15, -0.1) is 0 Å². The van der Waals surface area contributed by atoms with Gasteiger partial charge in [0.25, 0.3) is 0 Å². The van der Waals surface area contributed by atoms with Gasteiger partial charge < -0.3 is 11.1 Å². The summed E-state index contributed by atoms with van der Waals surface area (Å²) >= 11 is 0. The highest BCUT2D eigenvalue weighted by Gasteiger charge is 2.26. The van der Waals surface area contributed by atoms with Crippen LogP contribution in [-0.2, 0) is 4.79 Å². The molecule has 2 fully saturated rings. The van der Waals surface area contributed by atoms with E-state index in [1.54, 1.807) is 0 Å². The van der Waals surface area contributed by atoms with Crippen LogP contribution in [0.25, 0.3) is 0 Å².